The molecular formula is C82H57N5Si2. The van der Waals surface area contributed by atoms with E-state index in [0.717, 1.165) is 77.4 Å². The first-order chi connectivity index (χ1) is 44.2. The van der Waals surface area contributed by atoms with Gasteiger partial charge < -0.3 is 4.57 Å². The largest absolute Gasteiger partial charge is 0.309 e. The predicted octanol–water partition coefficient (Wildman–Crippen LogP) is 14.2. The van der Waals surface area contributed by atoms with Gasteiger partial charge in [-0.2, -0.15) is 4.98 Å². The van der Waals surface area contributed by atoms with E-state index in [4.69, 9.17) is 9.97 Å². The van der Waals surface area contributed by atoms with E-state index in [1.807, 2.05) is 0 Å². The zero-order valence-electron chi connectivity index (χ0n) is 48.6. The lowest BCUT2D eigenvalue weighted by Crippen LogP contribution is -2.74. The van der Waals surface area contributed by atoms with Crippen LogP contribution in [0.4, 0.5) is 0 Å². The molecule has 0 saturated carbocycles. The van der Waals surface area contributed by atoms with Gasteiger partial charge in [-0.05, 0) is 84.0 Å². The molecule has 0 N–H and O–H groups in total. The number of fused-ring (bicyclic) bond motifs is 10. The van der Waals surface area contributed by atoms with Crippen molar-refractivity contribution in [1.29, 1.82) is 0 Å². The van der Waals surface area contributed by atoms with Gasteiger partial charge in [0.05, 0.1) is 38.8 Å². The summed E-state index contributed by atoms with van der Waals surface area (Å²) in [6, 6.07) is 128. The van der Waals surface area contributed by atoms with Crippen LogP contribution < -0.4 is 41.5 Å². The molecule has 0 saturated heterocycles. The average molecular weight is 1170 g/mol. The van der Waals surface area contributed by atoms with Crippen molar-refractivity contribution in [3.63, 3.8) is 0 Å². The third-order valence-corrected chi connectivity index (χ3v) is 28.1. The Morgan fingerprint density at radius 1 is 0.236 bits per heavy atom. The minimum absolute atomic E-state index is 0.588. The molecule has 89 heavy (non-hydrogen) atoms. The molecule has 0 aliphatic heterocycles. The van der Waals surface area contributed by atoms with E-state index in [1.54, 1.807) is 0 Å². The molecule has 0 amide bonds. The summed E-state index contributed by atoms with van der Waals surface area (Å²) in [7, 11) is -5.76. The molecule has 4 heterocycles. The van der Waals surface area contributed by atoms with Crippen LogP contribution in [-0.4, -0.2) is 39.8 Å². The Labute approximate surface area is 518 Å². The first-order valence-electron chi connectivity index (χ1n) is 30.6. The lowest BCUT2D eigenvalue weighted by molar-refractivity contribution is 0.953. The quantitative estimate of drug-likeness (QED) is 0.0903. The molecule has 0 aliphatic rings. The highest BCUT2D eigenvalue weighted by Crippen LogP contribution is 2.43. The van der Waals surface area contributed by atoms with Gasteiger partial charge >= 0.3 is 0 Å². The molecule has 0 radical (unpaired) electrons. The zero-order valence-corrected chi connectivity index (χ0v) is 50.6. The van der Waals surface area contributed by atoms with Gasteiger partial charge in [-0.1, -0.05) is 297 Å². The van der Waals surface area contributed by atoms with Crippen molar-refractivity contribution < 1.29 is 0 Å². The van der Waals surface area contributed by atoms with Gasteiger partial charge in [-0.15, -0.1) is 0 Å². The summed E-state index contributed by atoms with van der Waals surface area (Å²) in [6.45, 7) is 0. The van der Waals surface area contributed by atoms with Gasteiger partial charge in [-0.3, -0.25) is 9.13 Å². The standard InChI is InChI=1S/C82H57N5Si2/c1-8-28-59(29-9-1)85-76-47-27-24-44-71(76)80-78(85)55-53-70-68-42-22-26-46-75(68)87(81(70)80)79-57-73(58-48-50-66(51-49-58)88(60-30-10-2-11-31-60,61-32-12-3-13-33-61)62-34-14-4-15-35-62)83-82(84-79)86-74-45-25-23-43-69(74)72-56-67(52-54-77(72)86)89(63-36-16-5-17-37-63,64-38-18-6-19-39-64)65-40-20-7-21-41-65/h1-57H. The second-order valence-corrected chi connectivity index (χ2v) is 30.8. The maximum Gasteiger partial charge on any atom is 0.237 e. The second-order valence-electron chi connectivity index (χ2n) is 23.2. The van der Waals surface area contributed by atoms with Crippen LogP contribution in [0, 0.1) is 0 Å². The zero-order chi connectivity index (χ0) is 58.9. The van der Waals surface area contributed by atoms with Gasteiger partial charge in [-0.25, -0.2) is 4.98 Å². The third-order valence-electron chi connectivity index (χ3n) is 18.6. The number of aromatic nitrogens is 5. The molecule has 0 bridgehead atoms. The maximum atomic E-state index is 5.91. The Kier molecular flexibility index (Phi) is 12.5. The average Bonchev–Trinajstić information content (AvgIpc) is 1.55. The van der Waals surface area contributed by atoms with E-state index in [1.165, 1.54) is 52.3 Å². The molecule has 0 unspecified atom stereocenters. The highest BCUT2D eigenvalue weighted by atomic mass is 28.3. The maximum absolute atomic E-state index is 5.91. The molecule has 0 atom stereocenters. The molecule has 17 rings (SSSR count). The lowest BCUT2D eigenvalue weighted by atomic mass is 10.1. The highest BCUT2D eigenvalue weighted by Gasteiger charge is 2.43. The summed E-state index contributed by atoms with van der Waals surface area (Å²) in [6.07, 6.45) is 0. The topological polar surface area (TPSA) is 40.6 Å². The molecule has 0 fully saturated rings. The van der Waals surface area contributed by atoms with Crippen molar-refractivity contribution >= 4 is 123 Å². The highest BCUT2D eigenvalue weighted by molar-refractivity contribution is 7.20. The van der Waals surface area contributed by atoms with Crippen LogP contribution in [0.3, 0.4) is 0 Å². The molecule has 0 aliphatic carbocycles. The molecular weight excluding hydrogens is 1110 g/mol. The Hall–Kier alpha value is -11.2. The molecule has 5 nitrogen and oxygen atoms in total. The Morgan fingerprint density at radius 3 is 1.11 bits per heavy atom. The Bertz CT molecular complexity index is 5270. The number of nitrogens with zero attached hydrogens (tertiary/aromatic N) is 5. The fourth-order valence-corrected chi connectivity index (χ4v) is 24.3. The monoisotopic (exact) mass is 1170 g/mol. The summed E-state index contributed by atoms with van der Waals surface area (Å²) in [5.41, 5.74) is 9.43. The van der Waals surface area contributed by atoms with E-state index in [0.29, 0.717) is 5.95 Å². The summed E-state index contributed by atoms with van der Waals surface area (Å²) in [5, 5.41) is 17.5. The predicted molar refractivity (Wildman–Crippen MR) is 378 cm³/mol. The summed E-state index contributed by atoms with van der Waals surface area (Å²) in [5.74, 6) is 1.36. The fraction of sp³-hybridized carbons (Fsp3) is 0. The van der Waals surface area contributed by atoms with Crippen LogP contribution >= 0.6 is 0 Å². The first kappa shape index (κ1) is 52.1. The number of rotatable bonds is 12. The van der Waals surface area contributed by atoms with E-state index in [9.17, 15) is 0 Å². The van der Waals surface area contributed by atoms with Crippen LogP contribution in [0.25, 0.3) is 94.1 Å². The van der Waals surface area contributed by atoms with E-state index in [-0.39, 0.29) is 0 Å². The summed E-state index contributed by atoms with van der Waals surface area (Å²) in [4.78, 5) is 11.7. The summed E-state index contributed by atoms with van der Waals surface area (Å²) >= 11 is 0. The minimum Gasteiger partial charge on any atom is -0.309 e. The van der Waals surface area contributed by atoms with Gasteiger partial charge in [0.2, 0.25) is 5.95 Å². The van der Waals surface area contributed by atoms with Gasteiger partial charge in [0.15, 0.2) is 16.1 Å². The molecule has 13 aromatic carbocycles. The molecule has 4 aromatic heterocycles. The van der Waals surface area contributed by atoms with E-state index < -0.39 is 16.1 Å². The van der Waals surface area contributed by atoms with Crippen molar-refractivity contribution in [3.8, 4) is 28.7 Å². The number of para-hydroxylation sites is 4. The van der Waals surface area contributed by atoms with Crippen molar-refractivity contribution in [2.75, 3.05) is 0 Å². The smallest absolute Gasteiger partial charge is 0.237 e. The van der Waals surface area contributed by atoms with Crippen LogP contribution in [0.1, 0.15) is 0 Å². The minimum atomic E-state index is -2.91. The number of hydrogen-bond donors (Lipinski definition) is 0. The number of benzene rings is 13. The van der Waals surface area contributed by atoms with Crippen LogP contribution in [-0.2, 0) is 0 Å². The number of hydrogen-bond acceptors (Lipinski definition) is 2. The lowest BCUT2D eigenvalue weighted by Gasteiger charge is -2.34. The molecule has 7 heteroatoms. The second kappa shape index (κ2) is 21.3. The van der Waals surface area contributed by atoms with Gasteiger partial charge in [0, 0.05) is 49.6 Å². The molecule has 17 aromatic rings. The van der Waals surface area contributed by atoms with Crippen LogP contribution in [0.5, 0.6) is 0 Å². The molecule has 0 spiro atoms. The normalized spacial score (nSPS) is 12.0. The van der Waals surface area contributed by atoms with Crippen LogP contribution in [0.2, 0.25) is 0 Å². The third kappa shape index (κ3) is 8.13. The Morgan fingerprint density at radius 2 is 0.607 bits per heavy atom. The Balaban J connectivity index is 0.952. The van der Waals surface area contributed by atoms with Crippen molar-refractivity contribution in [3.05, 3.63) is 346 Å². The fourth-order valence-electron chi connectivity index (χ4n) is 14.8. The van der Waals surface area contributed by atoms with Crippen molar-refractivity contribution in [1.82, 2.24) is 23.7 Å². The van der Waals surface area contributed by atoms with E-state index in [2.05, 4.69) is 359 Å². The van der Waals surface area contributed by atoms with Crippen molar-refractivity contribution in [2.24, 2.45) is 0 Å². The van der Waals surface area contributed by atoms with Gasteiger partial charge in [0.25, 0.3) is 0 Å². The first-order valence-corrected chi connectivity index (χ1v) is 34.6. The van der Waals surface area contributed by atoms with Crippen molar-refractivity contribution in [2.45, 2.75) is 0 Å². The van der Waals surface area contributed by atoms with E-state index >= 15 is 0 Å². The van der Waals surface area contributed by atoms with Crippen LogP contribution in [0.15, 0.2) is 346 Å². The SMILES string of the molecule is c1ccc(-n2c3ccccc3c3c2ccc2c4ccccc4n(-c4cc(-c5ccc([Si](c6ccccc6)(c6ccccc6)c6ccccc6)cc5)nc(-n5c6ccccc6c6cc([Si](c7ccccc7)(c7ccccc7)c7ccccc7)ccc65)n4)c23)cc1. The van der Waals surface area contributed by atoms with Gasteiger partial charge in [0.1, 0.15) is 5.82 Å². The summed E-state index contributed by atoms with van der Waals surface area (Å²) < 4.78 is 7.14. The molecule has 418 valence electrons.